The second kappa shape index (κ2) is 8.38. The van der Waals surface area contributed by atoms with Gasteiger partial charge in [0.25, 0.3) is 5.69 Å². The second-order valence-electron chi connectivity index (χ2n) is 7.01. The first-order chi connectivity index (χ1) is 15.4. The number of anilines is 1. The number of benzene rings is 3. The zero-order valence-corrected chi connectivity index (χ0v) is 17.3. The molecule has 1 amide bonds. The van der Waals surface area contributed by atoms with Gasteiger partial charge in [-0.3, -0.25) is 19.7 Å². The number of nitrogens with zero attached hydrogens (tertiary/aromatic N) is 2. The Kier molecular flexibility index (Phi) is 5.46. The average molecular weight is 433 g/mol. The van der Waals surface area contributed by atoms with E-state index in [9.17, 15) is 19.7 Å². The number of fused-ring (bicyclic) bond motifs is 2. The molecular weight excluding hydrogens is 414 g/mol. The monoisotopic (exact) mass is 433 g/mol. The highest BCUT2D eigenvalue weighted by molar-refractivity contribution is 5.98. The van der Waals surface area contributed by atoms with Crippen LogP contribution in [0.5, 0.6) is 11.5 Å². The fraction of sp³-hybridized carbons (Fsp3) is 0.130. The summed E-state index contributed by atoms with van der Waals surface area (Å²) < 4.78 is 12.2. The molecule has 9 nitrogen and oxygen atoms in total. The molecule has 1 aromatic heterocycles. The van der Waals surface area contributed by atoms with E-state index in [1.165, 1.54) is 32.4 Å². The van der Waals surface area contributed by atoms with Crippen LogP contribution in [-0.2, 0) is 11.3 Å². The summed E-state index contributed by atoms with van der Waals surface area (Å²) in [5, 5.41) is 14.6. The molecule has 0 aliphatic heterocycles. The Bertz CT molecular complexity index is 1430. The van der Waals surface area contributed by atoms with Gasteiger partial charge in [-0.2, -0.15) is 0 Å². The maximum atomic E-state index is 13.0. The normalized spacial score (nSPS) is 10.8. The Balaban J connectivity index is 1.80. The molecule has 0 saturated heterocycles. The number of nitro groups is 1. The minimum Gasteiger partial charge on any atom is -0.497 e. The van der Waals surface area contributed by atoms with Crippen molar-refractivity contribution >= 4 is 39.1 Å². The summed E-state index contributed by atoms with van der Waals surface area (Å²) in [4.78, 5) is 36.6. The van der Waals surface area contributed by atoms with Gasteiger partial charge in [0.05, 0.1) is 41.2 Å². The molecule has 1 heterocycles. The number of rotatable bonds is 6. The van der Waals surface area contributed by atoms with E-state index < -0.39 is 4.92 Å². The smallest absolute Gasteiger partial charge is 0.270 e. The molecule has 0 bridgehead atoms. The van der Waals surface area contributed by atoms with E-state index in [4.69, 9.17) is 9.47 Å². The Morgan fingerprint density at radius 2 is 1.75 bits per heavy atom. The zero-order chi connectivity index (χ0) is 22.8. The van der Waals surface area contributed by atoms with E-state index in [1.54, 1.807) is 47.0 Å². The summed E-state index contributed by atoms with van der Waals surface area (Å²) in [6.07, 6.45) is 0. The molecule has 4 aromatic rings. The van der Waals surface area contributed by atoms with Crippen molar-refractivity contribution in [1.29, 1.82) is 0 Å². The zero-order valence-electron chi connectivity index (χ0n) is 17.3. The Morgan fingerprint density at radius 1 is 1.00 bits per heavy atom. The van der Waals surface area contributed by atoms with E-state index in [2.05, 4.69) is 5.32 Å². The van der Waals surface area contributed by atoms with Crippen molar-refractivity contribution in [3.8, 4) is 11.5 Å². The maximum absolute atomic E-state index is 13.0. The summed E-state index contributed by atoms with van der Waals surface area (Å²) in [5.41, 5.74) is 0.923. The van der Waals surface area contributed by atoms with Gasteiger partial charge in [0.1, 0.15) is 18.0 Å². The fourth-order valence-corrected chi connectivity index (χ4v) is 3.64. The summed E-state index contributed by atoms with van der Waals surface area (Å²) >= 11 is 0. The van der Waals surface area contributed by atoms with Gasteiger partial charge in [0.15, 0.2) is 5.43 Å². The predicted octanol–water partition coefficient (Wildman–Crippen LogP) is 3.72. The molecule has 0 spiro atoms. The number of hydrogen-bond donors (Lipinski definition) is 1. The van der Waals surface area contributed by atoms with Crippen molar-refractivity contribution < 1.29 is 19.2 Å². The van der Waals surface area contributed by atoms with Gasteiger partial charge in [0.2, 0.25) is 5.91 Å². The van der Waals surface area contributed by atoms with E-state index in [1.807, 2.05) is 0 Å². The number of nitro benzene ring substituents is 1. The van der Waals surface area contributed by atoms with Crippen LogP contribution in [0, 0.1) is 10.1 Å². The average Bonchev–Trinajstić information content (AvgIpc) is 2.81. The number of carbonyl (C=O) groups excluding carboxylic acids is 1. The number of para-hydroxylation sites is 1. The van der Waals surface area contributed by atoms with Gasteiger partial charge in [0, 0.05) is 23.6 Å². The first kappa shape index (κ1) is 20.9. The van der Waals surface area contributed by atoms with E-state index in [0.29, 0.717) is 33.6 Å². The molecule has 0 radical (unpaired) electrons. The van der Waals surface area contributed by atoms with Crippen LogP contribution in [0.4, 0.5) is 11.4 Å². The SMILES string of the molecule is COc1ccc(NC(=O)Cn2c3ccccc3c(=O)c3cc([N+](=O)[O-])ccc32)c(OC)c1. The molecular formula is C23H19N3O6. The number of aromatic nitrogens is 1. The minimum absolute atomic E-state index is 0.121. The Hall–Kier alpha value is -4.40. The van der Waals surface area contributed by atoms with Crippen LogP contribution in [0.1, 0.15) is 0 Å². The third-order valence-corrected chi connectivity index (χ3v) is 5.15. The highest BCUT2D eigenvalue weighted by Crippen LogP contribution is 2.29. The quantitative estimate of drug-likeness (QED) is 0.282. The van der Waals surface area contributed by atoms with Crippen molar-refractivity contribution in [3.63, 3.8) is 0 Å². The number of ether oxygens (including phenoxy) is 2. The molecule has 162 valence electrons. The largest absolute Gasteiger partial charge is 0.497 e. The Morgan fingerprint density at radius 3 is 2.47 bits per heavy atom. The summed E-state index contributed by atoms with van der Waals surface area (Å²) in [6, 6.07) is 15.9. The van der Waals surface area contributed by atoms with Crippen molar-refractivity contribution in [1.82, 2.24) is 4.57 Å². The molecule has 1 N–H and O–H groups in total. The van der Waals surface area contributed by atoms with Crippen molar-refractivity contribution in [2.75, 3.05) is 19.5 Å². The van der Waals surface area contributed by atoms with Crippen LogP contribution in [0.3, 0.4) is 0 Å². The lowest BCUT2D eigenvalue weighted by Crippen LogP contribution is -2.22. The standard InChI is InChI=1S/C23H19N3O6/c1-31-15-8-9-18(21(12-15)32-2)24-22(27)13-25-19-6-4-3-5-16(19)23(28)17-11-14(26(29)30)7-10-20(17)25/h3-12H,13H2,1-2H3,(H,24,27). The second-order valence-corrected chi connectivity index (χ2v) is 7.01. The summed E-state index contributed by atoms with van der Waals surface area (Å²) in [7, 11) is 3.02. The first-order valence-corrected chi connectivity index (χ1v) is 9.64. The lowest BCUT2D eigenvalue weighted by atomic mass is 10.1. The Labute approximate surface area is 181 Å². The number of hydrogen-bond acceptors (Lipinski definition) is 6. The van der Waals surface area contributed by atoms with E-state index >= 15 is 0 Å². The van der Waals surface area contributed by atoms with Crippen LogP contribution < -0.4 is 20.2 Å². The third-order valence-electron chi connectivity index (χ3n) is 5.15. The maximum Gasteiger partial charge on any atom is 0.270 e. The van der Waals surface area contributed by atoms with Gasteiger partial charge in [-0.05, 0) is 30.3 Å². The molecule has 0 fully saturated rings. The number of nitrogens with one attached hydrogen (secondary N) is 1. The van der Waals surface area contributed by atoms with Crippen LogP contribution in [0.15, 0.2) is 65.5 Å². The number of non-ortho nitro benzene ring substituents is 1. The summed E-state index contributed by atoms with van der Waals surface area (Å²) in [6.45, 7) is -0.121. The lowest BCUT2D eigenvalue weighted by molar-refractivity contribution is -0.384. The highest BCUT2D eigenvalue weighted by atomic mass is 16.6. The number of pyridine rings is 1. The fourth-order valence-electron chi connectivity index (χ4n) is 3.64. The molecule has 0 atom stereocenters. The van der Waals surface area contributed by atoms with Gasteiger partial charge in [-0.25, -0.2) is 0 Å². The van der Waals surface area contributed by atoms with E-state index in [-0.39, 0.29) is 29.0 Å². The van der Waals surface area contributed by atoms with Crippen molar-refractivity contribution in [2.45, 2.75) is 6.54 Å². The van der Waals surface area contributed by atoms with Gasteiger partial charge in [-0.1, -0.05) is 12.1 Å². The van der Waals surface area contributed by atoms with E-state index in [0.717, 1.165) is 0 Å². The van der Waals surface area contributed by atoms with Crippen LogP contribution in [0.2, 0.25) is 0 Å². The van der Waals surface area contributed by atoms with Gasteiger partial charge in [-0.15, -0.1) is 0 Å². The van der Waals surface area contributed by atoms with Gasteiger partial charge >= 0.3 is 0 Å². The third kappa shape index (κ3) is 3.71. The van der Waals surface area contributed by atoms with Gasteiger partial charge < -0.3 is 19.4 Å². The molecule has 0 aliphatic rings. The van der Waals surface area contributed by atoms with Crippen molar-refractivity contribution in [2.24, 2.45) is 0 Å². The molecule has 0 saturated carbocycles. The first-order valence-electron chi connectivity index (χ1n) is 9.64. The summed E-state index contributed by atoms with van der Waals surface area (Å²) in [5.74, 6) is 0.656. The topological polar surface area (TPSA) is 113 Å². The van der Waals surface area contributed by atoms with Crippen LogP contribution >= 0.6 is 0 Å². The molecule has 0 aliphatic carbocycles. The van der Waals surface area contributed by atoms with Crippen LogP contribution in [0.25, 0.3) is 21.8 Å². The van der Waals surface area contributed by atoms with Crippen LogP contribution in [-0.4, -0.2) is 29.6 Å². The lowest BCUT2D eigenvalue weighted by Gasteiger charge is -2.16. The molecule has 4 rings (SSSR count). The number of amides is 1. The molecule has 32 heavy (non-hydrogen) atoms. The predicted molar refractivity (Wildman–Crippen MR) is 121 cm³/mol. The highest BCUT2D eigenvalue weighted by Gasteiger charge is 2.17. The van der Waals surface area contributed by atoms with Crippen molar-refractivity contribution in [3.05, 3.63) is 81.0 Å². The molecule has 3 aromatic carbocycles. The minimum atomic E-state index is -0.554. The number of carbonyl (C=O) groups is 1. The molecule has 0 unspecified atom stereocenters. The number of methoxy groups -OCH3 is 2. The molecule has 9 heteroatoms.